The van der Waals surface area contributed by atoms with Crippen molar-refractivity contribution in [3.63, 3.8) is 0 Å². The van der Waals surface area contributed by atoms with Crippen LogP contribution in [0.4, 0.5) is 0 Å². The Morgan fingerprint density at radius 3 is 2.00 bits per heavy atom. The van der Waals surface area contributed by atoms with Gasteiger partial charge in [-0.05, 0) is 38.6 Å². The lowest BCUT2D eigenvalue weighted by molar-refractivity contribution is -0.142. The molecule has 11 heteroatoms. The first-order chi connectivity index (χ1) is 13.0. The van der Waals surface area contributed by atoms with Crippen molar-refractivity contribution in [2.24, 2.45) is 17.4 Å². The molecule has 0 aliphatic heterocycles. The van der Waals surface area contributed by atoms with Crippen molar-refractivity contribution in [1.29, 1.82) is 0 Å². The minimum atomic E-state index is -1.20. The number of nitrogens with one attached hydrogen (secondary N) is 3. The number of aliphatic hydroxyl groups excluding tert-OH is 1. The minimum Gasteiger partial charge on any atom is -0.480 e. The van der Waals surface area contributed by atoms with Gasteiger partial charge in [0.25, 0.3) is 0 Å². The Morgan fingerprint density at radius 1 is 0.929 bits per heavy atom. The van der Waals surface area contributed by atoms with E-state index in [-0.39, 0.29) is 12.3 Å². The lowest BCUT2D eigenvalue weighted by Gasteiger charge is -2.26. The summed E-state index contributed by atoms with van der Waals surface area (Å²) in [6.07, 6.45) is 1.46. The summed E-state index contributed by atoms with van der Waals surface area (Å²) < 4.78 is 0. The average molecular weight is 403 g/mol. The second-order valence-corrected chi connectivity index (χ2v) is 6.93. The highest BCUT2D eigenvalue weighted by Crippen LogP contribution is 2.06. The molecule has 0 aromatic rings. The summed E-state index contributed by atoms with van der Waals surface area (Å²) in [7, 11) is 0. The summed E-state index contributed by atoms with van der Waals surface area (Å²) in [5.74, 6) is -3.47. The van der Waals surface area contributed by atoms with Gasteiger partial charge < -0.3 is 37.6 Å². The third-order valence-electron chi connectivity index (χ3n) is 4.09. The van der Waals surface area contributed by atoms with Crippen LogP contribution in [0.15, 0.2) is 0 Å². The Bertz CT molecular complexity index is 542. The van der Waals surface area contributed by atoms with Gasteiger partial charge in [0, 0.05) is 0 Å². The molecule has 0 aromatic heterocycles. The summed E-state index contributed by atoms with van der Waals surface area (Å²) in [6.45, 7) is 4.54. The number of carboxylic acids is 1. The molecule has 0 rings (SSSR count). The van der Waals surface area contributed by atoms with E-state index in [4.69, 9.17) is 21.7 Å². The molecule has 0 saturated carbocycles. The molecule has 162 valence electrons. The molecule has 4 unspecified atom stereocenters. The topological polar surface area (TPSA) is 197 Å². The van der Waals surface area contributed by atoms with Crippen molar-refractivity contribution in [3.05, 3.63) is 0 Å². The first-order valence-electron chi connectivity index (χ1n) is 9.25. The quantitative estimate of drug-likeness (QED) is 0.166. The molecule has 28 heavy (non-hydrogen) atoms. The van der Waals surface area contributed by atoms with E-state index in [0.717, 1.165) is 0 Å². The van der Waals surface area contributed by atoms with E-state index in [9.17, 15) is 19.2 Å². The number of carboxylic acid groups (broad SMARTS) is 1. The number of amides is 3. The largest absolute Gasteiger partial charge is 0.480 e. The SMILES string of the molecule is CC(NC(=O)C(NC(=O)C(CCCCN)NC(=O)C(N)CO)C(C)C)C(=O)O. The fourth-order valence-corrected chi connectivity index (χ4v) is 2.28. The van der Waals surface area contributed by atoms with E-state index in [2.05, 4.69) is 16.0 Å². The van der Waals surface area contributed by atoms with Gasteiger partial charge in [-0.2, -0.15) is 0 Å². The zero-order valence-corrected chi connectivity index (χ0v) is 16.6. The number of rotatable bonds is 13. The van der Waals surface area contributed by atoms with E-state index in [1.807, 2.05) is 0 Å². The Morgan fingerprint density at radius 2 is 1.54 bits per heavy atom. The molecule has 0 aliphatic carbocycles. The maximum absolute atomic E-state index is 12.7. The summed E-state index contributed by atoms with van der Waals surface area (Å²) in [5, 5.41) is 25.2. The van der Waals surface area contributed by atoms with E-state index in [1.165, 1.54) is 6.92 Å². The minimum absolute atomic E-state index is 0.269. The second-order valence-electron chi connectivity index (χ2n) is 6.93. The third-order valence-corrected chi connectivity index (χ3v) is 4.09. The maximum Gasteiger partial charge on any atom is 0.325 e. The number of carbonyl (C=O) groups excluding carboxylic acids is 3. The number of nitrogens with two attached hydrogens (primary N) is 2. The molecule has 0 aliphatic rings. The monoisotopic (exact) mass is 403 g/mol. The maximum atomic E-state index is 12.7. The van der Waals surface area contributed by atoms with Crippen LogP contribution in [-0.4, -0.2) is 71.2 Å². The molecule has 0 saturated heterocycles. The lowest BCUT2D eigenvalue weighted by Crippen LogP contribution is -2.58. The van der Waals surface area contributed by atoms with Gasteiger partial charge in [-0.1, -0.05) is 13.8 Å². The zero-order chi connectivity index (χ0) is 21.9. The van der Waals surface area contributed by atoms with Gasteiger partial charge in [0.15, 0.2) is 0 Å². The van der Waals surface area contributed by atoms with Crippen LogP contribution in [-0.2, 0) is 19.2 Å². The molecule has 0 radical (unpaired) electrons. The predicted octanol–water partition coefficient (Wildman–Crippen LogP) is -2.35. The zero-order valence-electron chi connectivity index (χ0n) is 16.6. The fourth-order valence-electron chi connectivity index (χ4n) is 2.28. The smallest absolute Gasteiger partial charge is 0.325 e. The van der Waals surface area contributed by atoms with Crippen LogP contribution < -0.4 is 27.4 Å². The molecule has 0 spiro atoms. The van der Waals surface area contributed by atoms with E-state index < -0.39 is 54.5 Å². The molecule has 0 bridgehead atoms. The molecular formula is C17H33N5O6. The predicted molar refractivity (Wildman–Crippen MR) is 102 cm³/mol. The Hall–Kier alpha value is -2.24. The van der Waals surface area contributed by atoms with E-state index in [0.29, 0.717) is 19.4 Å². The molecule has 9 N–H and O–H groups in total. The molecule has 0 aromatic carbocycles. The van der Waals surface area contributed by atoms with Crippen LogP contribution >= 0.6 is 0 Å². The normalized spacial score (nSPS) is 15.2. The van der Waals surface area contributed by atoms with Gasteiger partial charge in [0.05, 0.1) is 6.61 Å². The molecule has 0 heterocycles. The van der Waals surface area contributed by atoms with Gasteiger partial charge in [0.1, 0.15) is 24.2 Å². The van der Waals surface area contributed by atoms with Gasteiger partial charge in [-0.25, -0.2) is 0 Å². The van der Waals surface area contributed by atoms with Crippen molar-refractivity contribution in [1.82, 2.24) is 16.0 Å². The van der Waals surface area contributed by atoms with Crippen LogP contribution in [0.1, 0.15) is 40.0 Å². The van der Waals surface area contributed by atoms with Crippen LogP contribution in [0.2, 0.25) is 0 Å². The number of aliphatic carboxylic acids is 1. The standard InChI is InChI=1S/C17H33N5O6/c1-9(2)13(16(26)20-10(3)17(27)28)22-15(25)12(6-4-5-7-18)21-14(24)11(19)8-23/h9-13,23H,4-8,18-19H2,1-3H3,(H,20,26)(H,21,24)(H,22,25)(H,27,28). The van der Waals surface area contributed by atoms with Crippen molar-refractivity contribution < 1.29 is 29.4 Å². The number of hydrogen-bond acceptors (Lipinski definition) is 7. The number of carbonyl (C=O) groups is 4. The Balaban J connectivity index is 5.20. The first-order valence-corrected chi connectivity index (χ1v) is 9.25. The lowest BCUT2D eigenvalue weighted by atomic mass is 10.0. The highest BCUT2D eigenvalue weighted by Gasteiger charge is 2.30. The van der Waals surface area contributed by atoms with Crippen molar-refractivity contribution in [2.75, 3.05) is 13.2 Å². The molecule has 0 fully saturated rings. The number of hydrogen-bond donors (Lipinski definition) is 7. The van der Waals surface area contributed by atoms with Gasteiger partial charge >= 0.3 is 5.97 Å². The highest BCUT2D eigenvalue weighted by molar-refractivity contribution is 5.94. The van der Waals surface area contributed by atoms with Crippen molar-refractivity contribution in [2.45, 2.75) is 64.2 Å². The van der Waals surface area contributed by atoms with E-state index in [1.54, 1.807) is 13.8 Å². The molecule has 3 amide bonds. The Labute approximate surface area is 164 Å². The molecule has 4 atom stereocenters. The van der Waals surface area contributed by atoms with Gasteiger partial charge in [-0.3, -0.25) is 19.2 Å². The van der Waals surface area contributed by atoms with Gasteiger partial charge in [-0.15, -0.1) is 0 Å². The fraction of sp³-hybridized carbons (Fsp3) is 0.765. The van der Waals surface area contributed by atoms with Crippen LogP contribution in [0.3, 0.4) is 0 Å². The summed E-state index contributed by atoms with van der Waals surface area (Å²) in [6, 6.07) is -4.25. The number of aliphatic hydroxyl groups is 1. The van der Waals surface area contributed by atoms with Crippen LogP contribution in [0.25, 0.3) is 0 Å². The number of unbranched alkanes of at least 4 members (excludes halogenated alkanes) is 1. The summed E-state index contributed by atoms with van der Waals surface area (Å²) in [5.41, 5.74) is 10.9. The summed E-state index contributed by atoms with van der Waals surface area (Å²) >= 11 is 0. The highest BCUT2D eigenvalue weighted by atomic mass is 16.4. The average Bonchev–Trinajstić information content (AvgIpc) is 2.63. The van der Waals surface area contributed by atoms with Gasteiger partial charge in [0.2, 0.25) is 17.7 Å². The first kappa shape index (κ1) is 25.8. The van der Waals surface area contributed by atoms with Crippen LogP contribution in [0.5, 0.6) is 0 Å². The van der Waals surface area contributed by atoms with Crippen LogP contribution in [0, 0.1) is 5.92 Å². The Kier molecular flexibility index (Phi) is 12.0. The second kappa shape index (κ2) is 13.0. The third kappa shape index (κ3) is 9.11. The van der Waals surface area contributed by atoms with Crippen molar-refractivity contribution >= 4 is 23.7 Å². The van der Waals surface area contributed by atoms with E-state index >= 15 is 0 Å². The summed E-state index contributed by atoms with van der Waals surface area (Å²) in [4.78, 5) is 47.9. The molecular weight excluding hydrogens is 370 g/mol. The molecule has 11 nitrogen and oxygen atoms in total. The van der Waals surface area contributed by atoms with Crippen molar-refractivity contribution in [3.8, 4) is 0 Å².